The molecule has 5 heteroatoms. The van der Waals surface area contributed by atoms with Crippen molar-refractivity contribution in [1.82, 2.24) is 4.98 Å². The second-order valence-corrected chi connectivity index (χ2v) is 5.76. The zero-order valence-electron chi connectivity index (χ0n) is 7.99. The Labute approximate surface area is 104 Å². The van der Waals surface area contributed by atoms with Gasteiger partial charge in [0.1, 0.15) is 4.60 Å². The van der Waals surface area contributed by atoms with E-state index < -0.39 is 0 Å². The molecule has 0 fully saturated rings. The number of hydrogen-bond acceptors (Lipinski definition) is 4. The van der Waals surface area contributed by atoms with E-state index in [0.717, 1.165) is 15.9 Å². The van der Waals surface area contributed by atoms with E-state index in [-0.39, 0.29) is 5.78 Å². The Hall–Kier alpha value is -0.520. The fraction of sp³-hybridized carbons (Fsp3) is 0.200. The van der Waals surface area contributed by atoms with Gasteiger partial charge in [-0.05, 0) is 34.5 Å². The third-order valence-electron chi connectivity index (χ3n) is 1.90. The average molecular weight is 302 g/mol. The van der Waals surface area contributed by atoms with Crippen molar-refractivity contribution in [3.63, 3.8) is 0 Å². The van der Waals surface area contributed by atoms with Crippen molar-refractivity contribution in [1.29, 1.82) is 0 Å². The number of ketones is 1. The van der Waals surface area contributed by atoms with Crippen LogP contribution < -0.4 is 0 Å². The molecule has 2 heterocycles. The maximum atomic E-state index is 11.9. The summed E-state index contributed by atoms with van der Waals surface area (Å²) in [6, 6.07) is 3.88. The third-order valence-corrected chi connectivity index (χ3v) is 4.68. The van der Waals surface area contributed by atoms with Gasteiger partial charge in [-0.3, -0.25) is 4.79 Å². The van der Waals surface area contributed by atoms with Gasteiger partial charge in [0.2, 0.25) is 5.78 Å². The van der Waals surface area contributed by atoms with Gasteiger partial charge >= 0.3 is 0 Å². The van der Waals surface area contributed by atoms with E-state index in [2.05, 4.69) is 27.8 Å². The van der Waals surface area contributed by atoms with Crippen LogP contribution in [0.4, 0.5) is 0 Å². The van der Waals surface area contributed by atoms with E-state index in [1.165, 1.54) is 16.2 Å². The van der Waals surface area contributed by atoms with Crippen LogP contribution in [0.2, 0.25) is 0 Å². The molecule has 2 aromatic rings. The maximum absolute atomic E-state index is 11.9. The van der Waals surface area contributed by atoms with Crippen LogP contribution in [-0.4, -0.2) is 10.8 Å². The average Bonchev–Trinajstić information content (AvgIpc) is 2.84. The molecule has 0 aliphatic carbocycles. The molecule has 78 valence electrons. The predicted octanol–water partition coefficient (Wildman–Crippen LogP) is 3.76. The number of nitrogens with zero attached hydrogens (tertiary/aromatic N) is 1. The summed E-state index contributed by atoms with van der Waals surface area (Å²) in [4.78, 5) is 18.0. The smallest absolute Gasteiger partial charge is 0.231 e. The number of thiophene rings is 1. The lowest BCUT2D eigenvalue weighted by Gasteiger charge is -1.90. The minimum absolute atomic E-state index is 0.0235. The van der Waals surface area contributed by atoms with Crippen LogP contribution >= 0.6 is 38.6 Å². The highest BCUT2D eigenvalue weighted by Gasteiger charge is 2.14. The van der Waals surface area contributed by atoms with Crippen molar-refractivity contribution >= 4 is 44.4 Å². The van der Waals surface area contributed by atoms with Crippen molar-refractivity contribution in [3.05, 3.63) is 36.9 Å². The van der Waals surface area contributed by atoms with Gasteiger partial charge in [0, 0.05) is 10.3 Å². The van der Waals surface area contributed by atoms with E-state index in [9.17, 15) is 4.79 Å². The van der Waals surface area contributed by atoms with Gasteiger partial charge in [-0.25, -0.2) is 4.98 Å². The summed E-state index contributed by atoms with van der Waals surface area (Å²) in [5.41, 5.74) is 0. The van der Waals surface area contributed by atoms with E-state index in [1.54, 1.807) is 11.3 Å². The molecule has 2 nitrogen and oxygen atoms in total. The number of carbonyl (C=O) groups excluding carboxylic acids is 1. The number of hydrogen-bond donors (Lipinski definition) is 0. The Morgan fingerprint density at radius 1 is 1.53 bits per heavy atom. The topological polar surface area (TPSA) is 30.0 Å². The van der Waals surface area contributed by atoms with Crippen LogP contribution in [0.3, 0.4) is 0 Å². The first-order chi connectivity index (χ1) is 7.20. The molecule has 0 N–H and O–H groups in total. The Morgan fingerprint density at radius 3 is 2.87 bits per heavy atom. The van der Waals surface area contributed by atoms with Gasteiger partial charge in [0.15, 0.2) is 5.01 Å². The molecule has 0 aliphatic heterocycles. The summed E-state index contributed by atoms with van der Waals surface area (Å²) in [5, 5.41) is 2.37. The number of halogens is 1. The SMILES string of the molecule is CCc1ccc(C(=O)c2nc(Br)cs2)s1. The lowest BCUT2D eigenvalue weighted by Crippen LogP contribution is -1.96. The van der Waals surface area contributed by atoms with Gasteiger partial charge in [-0.1, -0.05) is 6.92 Å². The Bertz CT molecular complexity index is 489. The van der Waals surface area contributed by atoms with Crippen LogP contribution in [0.15, 0.2) is 22.1 Å². The van der Waals surface area contributed by atoms with Crippen molar-refractivity contribution in [3.8, 4) is 0 Å². The Kier molecular flexibility index (Phi) is 3.33. The fourth-order valence-corrected chi connectivity index (χ4v) is 3.31. The van der Waals surface area contributed by atoms with Gasteiger partial charge < -0.3 is 0 Å². The fourth-order valence-electron chi connectivity index (χ4n) is 1.15. The summed E-state index contributed by atoms with van der Waals surface area (Å²) in [6.45, 7) is 2.08. The Morgan fingerprint density at radius 2 is 2.33 bits per heavy atom. The number of aryl methyl sites for hydroxylation is 1. The normalized spacial score (nSPS) is 10.5. The predicted molar refractivity (Wildman–Crippen MR) is 66.9 cm³/mol. The van der Waals surface area contributed by atoms with Gasteiger partial charge in [-0.15, -0.1) is 22.7 Å². The third kappa shape index (κ3) is 2.35. The molecule has 15 heavy (non-hydrogen) atoms. The first-order valence-corrected chi connectivity index (χ1v) is 6.94. The zero-order valence-corrected chi connectivity index (χ0v) is 11.2. The van der Waals surface area contributed by atoms with E-state index in [1.807, 2.05) is 17.5 Å². The lowest BCUT2D eigenvalue weighted by atomic mass is 10.3. The van der Waals surface area contributed by atoms with Gasteiger partial charge in [-0.2, -0.15) is 0 Å². The van der Waals surface area contributed by atoms with E-state index in [0.29, 0.717) is 5.01 Å². The summed E-state index contributed by atoms with van der Waals surface area (Å²) in [5.74, 6) is 0.0235. The second kappa shape index (κ2) is 4.55. The van der Waals surface area contributed by atoms with Gasteiger partial charge in [0.05, 0.1) is 4.88 Å². The molecule has 0 bridgehead atoms. The molecule has 0 aromatic carbocycles. The molecule has 0 spiro atoms. The van der Waals surface area contributed by atoms with Crippen molar-refractivity contribution in [2.75, 3.05) is 0 Å². The van der Waals surface area contributed by atoms with Crippen molar-refractivity contribution in [2.45, 2.75) is 13.3 Å². The van der Waals surface area contributed by atoms with Crippen LogP contribution in [0.5, 0.6) is 0 Å². The summed E-state index contributed by atoms with van der Waals surface area (Å²) in [7, 11) is 0. The van der Waals surface area contributed by atoms with Crippen LogP contribution in [0, 0.1) is 0 Å². The maximum Gasteiger partial charge on any atom is 0.231 e. The highest BCUT2D eigenvalue weighted by atomic mass is 79.9. The Balaban J connectivity index is 2.28. The quantitative estimate of drug-likeness (QED) is 0.808. The molecule has 0 atom stereocenters. The largest absolute Gasteiger partial charge is 0.285 e. The number of aromatic nitrogens is 1. The van der Waals surface area contributed by atoms with Crippen molar-refractivity contribution < 1.29 is 4.79 Å². The molecule has 0 saturated heterocycles. The number of rotatable bonds is 3. The minimum atomic E-state index is 0.0235. The zero-order chi connectivity index (χ0) is 10.8. The number of carbonyl (C=O) groups is 1. The highest BCUT2D eigenvalue weighted by molar-refractivity contribution is 9.10. The molecule has 0 radical (unpaired) electrons. The molecule has 2 aromatic heterocycles. The molecule has 0 amide bonds. The molecule has 0 aliphatic rings. The van der Waals surface area contributed by atoms with Gasteiger partial charge in [0.25, 0.3) is 0 Å². The molecule has 0 unspecified atom stereocenters. The van der Waals surface area contributed by atoms with Crippen LogP contribution in [0.1, 0.15) is 26.5 Å². The van der Waals surface area contributed by atoms with E-state index >= 15 is 0 Å². The lowest BCUT2D eigenvalue weighted by molar-refractivity contribution is 0.104. The second-order valence-electron chi connectivity index (χ2n) is 2.92. The van der Waals surface area contributed by atoms with Crippen molar-refractivity contribution in [2.24, 2.45) is 0 Å². The standard InChI is InChI=1S/C10H8BrNOS2/c1-2-6-3-4-7(15-6)9(13)10-12-8(11)5-14-10/h3-5H,2H2,1H3. The first-order valence-electron chi connectivity index (χ1n) is 4.45. The minimum Gasteiger partial charge on any atom is -0.285 e. The molecular formula is C10H8BrNOS2. The summed E-state index contributed by atoms with van der Waals surface area (Å²) in [6.07, 6.45) is 0.972. The first kappa shape index (κ1) is 11.0. The van der Waals surface area contributed by atoms with Crippen LogP contribution in [0.25, 0.3) is 0 Å². The van der Waals surface area contributed by atoms with Crippen LogP contribution in [-0.2, 0) is 6.42 Å². The monoisotopic (exact) mass is 301 g/mol. The molecule has 0 saturated carbocycles. The molecule has 2 rings (SSSR count). The number of thiazole rings is 1. The van der Waals surface area contributed by atoms with E-state index in [4.69, 9.17) is 0 Å². The molecular weight excluding hydrogens is 294 g/mol. The summed E-state index contributed by atoms with van der Waals surface area (Å²) >= 11 is 6.16. The highest BCUT2D eigenvalue weighted by Crippen LogP contribution is 2.23. The summed E-state index contributed by atoms with van der Waals surface area (Å²) < 4.78 is 0.725.